The average Bonchev–Trinajstić information content (AvgIpc) is 4.26. The summed E-state index contributed by atoms with van der Waals surface area (Å²) >= 11 is 0. The van der Waals surface area contributed by atoms with E-state index >= 15 is 18.4 Å². The van der Waals surface area contributed by atoms with Crippen molar-refractivity contribution in [3.05, 3.63) is 133 Å². The van der Waals surface area contributed by atoms with E-state index in [1.54, 1.807) is 69.1 Å². The first-order chi connectivity index (χ1) is 37.1. The van der Waals surface area contributed by atoms with Crippen molar-refractivity contribution in [2.45, 2.75) is 65.5 Å². The van der Waals surface area contributed by atoms with Gasteiger partial charge >= 0.3 is 12.1 Å². The van der Waals surface area contributed by atoms with Crippen LogP contribution in [0.5, 0.6) is 23.0 Å². The summed E-state index contributed by atoms with van der Waals surface area (Å²) in [5.74, 6) is -1.45. The number of nitrogens with two attached hydrogens (primary N) is 1. The van der Waals surface area contributed by atoms with Gasteiger partial charge in [0.15, 0.2) is 11.6 Å². The normalized spacial score (nSPS) is 13.1. The van der Waals surface area contributed by atoms with E-state index in [1.165, 1.54) is 50.7 Å². The third kappa shape index (κ3) is 12.6. The number of hydrazine groups is 1. The fourth-order valence-corrected chi connectivity index (χ4v) is 8.26. The topological polar surface area (TPSA) is 236 Å². The van der Waals surface area contributed by atoms with Crippen LogP contribution in [0.1, 0.15) is 52.9 Å². The van der Waals surface area contributed by atoms with E-state index in [4.69, 9.17) is 19.9 Å². The molecule has 0 aliphatic carbocycles. The Hall–Kier alpha value is -9.03. The second kappa shape index (κ2) is 22.3. The van der Waals surface area contributed by atoms with Gasteiger partial charge < -0.3 is 25.3 Å². The highest BCUT2D eigenvalue weighted by atomic mass is 19.1. The number of amides is 5. The third-order valence-electron chi connectivity index (χ3n) is 12.5. The molecular weight excluding hydrogens is 1010 g/mol. The fraction of sp³-hybridized carbons (Fsp3) is 0.315. The zero-order valence-electron chi connectivity index (χ0n) is 44.4. The van der Waals surface area contributed by atoms with Crippen molar-refractivity contribution in [1.82, 2.24) is 54.0 Å². The molecule has 22 nitrogen and oxygen atoms in total. The monoisotopic (exact) mass is 1070 g/mol. The van der Waals surface area contributed by atoms with Crippen LogP contribution in [-0.2, 0) is 47.5 Å². The maximum absolute atomic E-state index is 17.1. The largest absolute Gasteiger partial charge is 0.457 e. The van der Waals surface area contributed by atoms with Gasteiger partial charge in [0.1, 0.15) is 46.9 Å². The third-order valence-corrected chi connectivity index (χ3v) is 12.5. The Bertz CT molecular complexity index is 3480. The number of ether oxygens (including phenoxy) is 3. The number of hydrogen-bond acceptors (Lipinski definition) is 13. The number of aryl methyl sites for hydroxylation is 2. The highest BCUT2D eigenvalue weighted by molar-refractivity contribution is 6.12. The number of carbonyl (C=O) groups is 3. The number of morpholine rings is 1. The molecule has 1 aliphatic rings. The zero-order chi connectivity index (χ0) is 55.5. The van der Waals surface area contributed by atoms with Crippen LogP contribution >= 0.6 is 0 Å². The number of rotatable bonds is 15. The second-order valence-corrected chi connectivity index (χ2v) is 20.6. The van der Waals surface area contributed by atoms with E-state index in [9.17, 15) is 4.79 Å². The number of pyridine rings is 2. The summed E-state index contributed by atoms with van der Waals surface area (Å²) in [5.41, 5.74) is 7.17. The molecule has 4 N–H and O–H groups in total. The molecule has 24 heteroatoms. The first kappa shape index (κ1) is 53.8. The van der Waals surface area contributed by atoms with Crippen LogP contribution in [-0.4, -0.2) is 105 Å². The molecule has 8 aromatic rings. The maximum Gasteiger partial charge on any atom is 0.347 e. The standard InChI is InChI=1S/C54H60F2N16O6/c1-53(2,3)46-27-49(66(7)64-46)63-52(75)71(45-12-10-37(24-41(45)56)78-39-14-16-59-44(26-39)35-30-61-70(32-35)33-48(57)73)72(50-28-47(54(4,5)6)65-67(50)8)51(74)62-42-11-9-36(23-40(42)55)77-38-13-15-58-43(25-38)34-29-60-69(31-34)18-17-68-19-21-76-22-20-68/h9-16,23-32H,17-22,33H2,1-8H3,(H2,57,73)(H,62,74)(H,63,75). The molecule has 1 fully saturated rings. The van der Waals surface area contributed by atoms with Gasteiger partial charge in [-0.1, -0.05) is 41.5 Å². The van der Waals surface area contributed by atoms with Crippen LogP contribution in [0.2, 0.25) is 0 Å². The minimum absolute atomic E-state index is 0.00709. The number of carbonyl (C=O) groups excluding carboxylic acids is 3. The van der Waals surface area contributed by atoms with Crippen LogP contribution in [0, 0.1) is 11.6 Å². The van der Waals surface area contributed by atoms with Gasteiger partial charge in [-0.3, -0.25) is 43.7 Å². The minimum Gasteiger partial charge on any atom is -0.457 e. The van der Waals surface area contributed by atoms with Gasteiger partial charge in [0.25, 0.3) is 0 Å². The molecule has 0 unspecified atom stereocenters. The molecule has 1 aliphatic heterocycles. The lowest BCUT2D eigenvalue weighted by Crippen LogP contribution is -2.55. The highest BCUT2D eigenvalue weighted by Crippen LogP contribution is 2.36. The van der Waals surface area contributed by atoms with Crippen molar-refractivity contribution < 1.29 is 37.4 Å². The smallest absolute Gasteiger partial charge is 0.347 e. The first-order valence-electron chi connectivity index (χ1n) is 25.0. The predicted molar refractivity (Wildman–Crippen MR) is 287 cm³/mol. The molecule has 2 aromatic carbocycles. The molecular formula is C54H60F2N16O6. The SMILES string of the molecule is Cn1nc(C(C)(C)C)cc1NC(=O)N(c1ccc(Oc2ccnc(-c3cnn(CC(N)=O)c3)c2)cc1F)N(C(=O)Nc1ccc(Oc2ccnc(-c3cnn(CCN4CCOCC4)c3)c2)cc1F)c1cc(C(C)(C)C)nn1C. The molecule has 5 amide bonds. The molecule has 78 heavy (non-hydrogen) atoms. The molecule has 9 rings (SSSR count). The number of benzene rings is 2. The molecule has 406 valence electrons. The summed E-state index contributed by atoms with van der Waals surface area (Å²) in [7, 11) is 3.20. The van der Waals surface area contributed by atoms with Crippen LogP contribution in [0.3, 0.4) is 0 Å². The summed E-state index contributed by atoms with van der Waals surface area (Å²) in [4.78, 5) is 52.8. The Morgan fingerprint density at radius 1 is 0.667 bits per heavy atom. The summed E-state index contributed by atoms with van der Waals surface area (Å²) in [5, 5.41) is 25.0. The van der Waals surface area contributed by atoms with Gasteiger partial charge in [0.05, 0.1) is 60.6 Å². The van der Waals surface area contributed by atoms with Gasteiger partial charge in [-0.2, -0.15) is 30.4 Å². The quantitative estimate of drug-likeness (QED) is 0.0817. The Balaban J connectivity index is 1.02. The zero-order valence-corrected chi connectivity index (χ0v) is 44.4. The number of aromatic nitrogens is 10. The fourth-order valence-electron chi connectivity index (χ4n) is 8.26. The predicted octanol–water partition coefficient (Wildman–Crippen LogP) is 8.64. The van der Waals surface area contributed by atoms with Crippen LogP contribution in [0.15, 0.2) is 110 Å². The van der Waals surface area contributed by atoms with Crippen molar-refractivity contribution >= 4 is 41.0 Å². The number of anilines is 4. The Kier molecular flexibility index (Phi) is 15.4. The van der Waals surface area contributed by atoms with Gasteiger partial charge in [0.2, 0.25) is 5.91 Å². The number of urea groups is 2. The lowest BCUT2D eigenvalue weighted by Gasteiger charge is -2.34. The molecule has 0 radical (unpaired) electrons. The average molecular weight is 1070 g/mol. The number of primary amides is 1. The van der Waals surface area contributed by atoms with Gasteiger partial charge in [-0.05, 0) is 36.4 Å². The molecule has 0 bridgehead atoms. The Labute approximate surface area is 448 Å². The van der Waals surface area contributed by atoms with Gasteiger partial charge in [0, 0.05) is 117 Å². The van der Waals surface area contributed by atoms with Crippen molar-refractivity contribution in [3.8, 4) is 45.5 Å². The highest BCUT2D eigenvalue weighted by Gasteiger charge is 2.36. The van der Waals surface area contributed by atoms with Gasteiger partial charge in [-0.15, -0.1) is 0 Å². The van der Waals surface area contributed by atoms with Crippen molar-refractivity contribution in [1.29, 1.82) is 0 Å². The Morgan fingerprint density at radius 3 is 1.79 bits per heavy atom. The molecule has 0 spiro atoms. The maximum atomic E-state index is 17.1. The summed E-state index contributed by atoms with van der Waals surface area (Å²) in [6.45, 7) is 16.2. The van der Waals surface area contributed by atoms with Crippen LogP contribution in [0.25, 0.3) is 22.5 Å². The van der Waals surface area contributed by atoms with E-state index in [2.05, 4.69) is 45.9 Å². The second-order valence-electron chi connectivity index (χ2n) is 20.6. The molecule has 0 atom stereocenters. The number of hydrogen-bond donors (Lipinski definition) is 3. The summed E-state index contributed by atoms with van der Waals surface area (Å²) in [6.07, 6.45) is 9.80. The van der Waals surface area contributed by atoms with E-state index in [0.717, 1.165) is 47.3 Å². The lowest BCUT2D eigenvalue weighted by molar-refractivity contribution is -0.118. The number of nitrogens with zero attached hydrogens (tertiary/aromatic N) is 13. The molecule has 1 saturated heterocycles. The van der Waals surface area contributed by atoms with Crippen LogP contribution < -0.4 is 35.9 Å². The Morgan fingerprint density at radius 2 is 1.22 bits per heavy atom. The van der Waals surface area contributed by atoms with Crippen LogP contribution in [0.4, 0.5) is 41.4 Å². The van der Waals surface area contributed by atoms with E-state index in [-0.39, 0.29) is 41.1 Å². The van der Waals surface area contributed by atoms with E-state index in [1.807, 2.05) is 52.4 Å². The number of nitrogens with one attached hydrogen (secondary N) is 2. The summed E-state index contributed by atoms with van der Waals surface area (Å²) < 4.78 is 57.2. The molecule has 7 heterocycles. The molecule has 0 saturated carbocycles. The summed E-state index contributed by atoms with van der Waals surface area (Å²) in [6, 6.07) is 15.3. The van der Waals surface area contributed by atoms with Crippen molar-refractivity contribution in [3.63, 3.8) is 0 Å². The first-order valence-corrected chi connectivity index (χ1v) is 25.0. The van der Waals surface area contributed by atoms with E-state index < -0.39 is 46.1 Å². The molecule has 6 aromatic heterocycles. The van der Waals surface area contributed by atoms with Crippen molar-refractivity contribution in [2.75, 3.05) is 53.5 Å². The van der Waals surface area contributed by atoms with E-state index in [0.29, 0.717) is 53.8 Å². The van der Waals surface area contributed by atoms with Crippen molar-refractivity contribution in [2.24, 2.45) is 19.8 Å². The van der Waals surface area contributed by atoms with Gasteiger partial charge in [-0.25, -0.2) is 18.4 Å². The lowest BCUT2D eigenvalue weighted by atomic mass is 9.92. The number of halogens is 2. The minimum atomic E-state index is -1.07.